The van der Waals surface area contributed by atoms with Crippen molar-refractivity contribution in [2.24, 2.45) is 0 Å². The Morgan fingerprint density at radius 3 is 2.87 bits per heavy atom. The third-order valence-electron chi connectivity index (χ3n) is 4.21. The number of rotatable bonds is 3. The maximum absolute atomic E-state index is 12.7. The normalized spacial score (nSPS) is 21.5. The molecule has 2 saturated heterocycles. The van der Waals surface area contributed by atoms with Crippen LogP contribution < -0.4 is 10.6 Å². The molecule has 2 fully saturated rings. The third kappa shape index (κ3) is 3.19. The molecule has 122 valence electrons. The first-order valence-electron chi connectivity index (χ1n) is 7.75. The zero-order chi connectivity index (χ0) is 16.4. The van der Waals surface area contributed by atoms with Gasteiger partial charge in [0.2, 0.25) is 5.91 Å². The van der Waals surface area contributed by atoms with Crippen molar-refractivity contribution in [1.29, 1.82) is 0 Å². The molecule has 23 heavy (non-hydrogen) atoms. The van der Waals surface area contributed by atoms with Crippen LogP contribution in [0.5, 0.6) is 0 Å². The second-order valence-electron chi connectivity index (χ2n) is 5.89. The van der Waals surface area contributed by atoms with Crippen molar-refractivity contribution in [3.8, 4) is 0 Å². The Balaban J connectivity index is 1.75. The summed E-state index contributed by atoms with van der Waals surface area (Å²) < 4.78 is 0. The molecule has 0 saturated carbocycles. The molecule has 2 aliphatic rings. The van der Waals surface area contributed by atoms with Crippen molar-refractivity contribution in [3.05, 3.63) is 35.4 Å². The number of carbonyl (C=O) groups is 3. The van der Waals surface area contributed by atoms with Crippen LogP contribution in [-0.2, 0) is 11.3 Å². The highest BCUT2D eigenvalue weighted by molar-refractivity contribution is 6.02. The standard InChI is InChI=1S/C16H20N4O3/c1-11-8-17-5-6-19(11)15(22)13-4-2-3-12(7-13)10-20-14(21)9-18-16(20)23/h2-4,7,11,17H,5-6,8-10H2,1H3,(H,18,23)/t11-/m0/s1. The minimum atomic E-state index is -0.387. The van der Waals surface area contributed by atoms with Crippen LogP contribution in [0.15, 0.2) is 24.3 Å². The number of imide groups is 1. The topological polar surface area (TPSA) is 81.8 Å². The number of hydrogen-bond acceptors (Lipinski definition) is 4. The summed E-state index contributed by atoms with van der Waals surface area (Å²) in [6.07, 6.45) is 0. The largest absolute Gasteiger partial charge is 0.333 e. The number of nitrogens with zero attached hydrogens (tertiary/aromatic N) is 2. The first-order chi connectivity index (χ1) is 11.1. The lowest BCUT2D eigenvalue weighted by atomic mass is 10.1. The Kier molecular flexibility index (Phi) is 4.29. The first-order valence-corrected chi connectivity index (χ1v) is 7.75. The van der Waals surface area contributed by atoms with Gasteiger partial charge in [-0.1, -0.05) is 12.1 Å². The van der Waals surface area contributed by atoms with E-state index in [9.17, 15) is 14.4 Å². The van der Waals surface area contributed by atoms with E-state index >= 15 is 0 Å². The van der Waals surface area contributed by atoms with Crippen LogP contribution in [0, 0.1) is 0 Å². The average molecular weight is 316 g/mol. The molecule has 7 heteroatoms. The molecule has 7 nitrogen and oxygen atoms in total. The predicted molar refractivity (Wildman–Crippen MR) is 83.8 cm³/mol. The van der Waals surface area contributed by atoms with E-state index in [1.165, 1.54) is 0 Å². The van der Waals surface area contributed by atoms with Crippen molar-refractivity contribution in [2.75, 3.05) is 26.2 Å². The molecule has 0 radical (unpaired) electrons. The Hall–Kier alpha value is -2.41. The molecule has 2 N–H and O–H groups in total. The molecular weight excluding hydrogens is 296 g/mol. The van der Waals surface area contributed by atoms with Gasteiger partial charge in [-0.3, -0.25) is 14.5 Å². The van der Waals surface area contributed by atoms with Gasteiger partial charge in [-0.25, -0.2) is 4.79 Å². The highest BCUT2D eigenvalue weighted by Crippen LogP contribution is 2.15. The van der Waals surface area contributed by atoms with Crippen LogP contribution in [0.2, 0.25) is 0 Å². The molecule has 3 rings (SSSR count). The van der Waals surface area contributed by atoms with E-state index in [0.717, 1.165) is 23.6 Å². The van der Waals surface area contributed by atoms with E-state index in [-0.39, 0.29) is 37.0 Å². The zero-order valence-corrected chi connectivity index (χ0v) is 13.0. The van der Waals surface area contributed by atoms with Gasteiger partial charge in [0.05, 0.1) is 13.1 Å². The second-order valence-corrected chi connectivity index (χ2v) is 5.89. The fraction of sp³-hybridized carbons (Fsp3) is 0.438. The average Bonchev–Trinajstić information content (AvgIpc) is 2.87. The molecule has 0 bridgehead atoms. The summed E-state index contributed by atoms with van der Waals surface area (Å²) in [6, 6.07) is 6.89. The Morgan fingerprint density at radius 1 is 1.35 bits per heavy atom. The summed E-state index contributed by atoms with van der Waals surface area (Å²) in [4.78, 5) is 38.9. The summed E-state index contributed by atoms with van der Waals surface area (Å²) in [5.41, 5.74) is 1.35. The van der Waals surface area contributed by atoms with Crippen molar-refractivity contribution in [1.82, 2.24) is 20.4 Å². The van der Waals surface area contributed by atoms with Crippen LogP contribution in [0.4, 0.5) is 4.79 Å². The van der Waals surface area contributed by atoms with Gasteiger partial charge in [0.1, 0.15) is 0 Å². The first kappa shape index (κ1) is 15.5. The van der Waals surface area contributed by atoms with Gasteiger partial charge < -0.3 is 15.5 Å². The maximum Gasteiger partial charge on any atom is 0.324 e. The van der Waals surface area contributed by atoms with Gasteiger partial charge in [0.15, 0.2) is 0 Å². The smallest absolute Gasteiger partial charge is 0.324 e. The number of urea groups is 1. The van der Waals surface area contributed by atoms with Gasteiger partial charge in [-0.05, 0) is 24.6 Å². The highest BCUT2D eigenvalue weighted by atomic mass is 16.2. The Bertz CT molecular complexity index is 630. The van der Waals surface area contributed by atoms with Gasteiger partial charge in [-0.15, -0.1) is 0 Å². The highest BCUT2D eigenvalue weighted by Gasteiger charge is 2.29. The van der Waals surface area contributed by atoms with E-state index in [4.69, 9.17) is 0 Å². The van der Waals surface area contributed by atoms with Crippen LogP contribution in [0.3, 0.4) is 0 Å². The SMILES string of the molecule is C[C@H]1CNCCN1C(=O)c1cccc(CN2C(=O)CNC2=O)c1. The van der Waals surface area contributed by atoms with Gasteiger partial charge >= 0.3 is 6.03 Å². The lowest BCUT2D eigenvalue weighted by Crippen LogP contribution is -2.52. The zero-order valence-electron chi connectivity index (χ0n) is 13.0. The quantitative estimate of drug-likeness (QED) is 0.779. The van der Waals surface area contributed by atoms with Crippen LogP contribution in [0.1, 0.15) is 22.8 Å². The molecule has 4 amide bonds. The third-order valence-corrected chi connectivity index (χ3v) is 4.21. The summed E-state index contributed by atoms with van der Waals surface area (Å²) in [5, 5.41) is 5.75. The van der Waals surface area contributed by atoms with Crippen LogP contribution in [0.25, 0.3) is 0 Å². The van der Waals surface area contributed by atoms with Crippen LogP contribution >= 0.6 is 0 Å². The molecule has 2 heterocycles. The molecule has 0 unspecified atom stereocenters. The van der Waals surface area contributed by atoms with E-state index in [1.807, 2.05) is 17.9 Å². The van der Waals surface area contributed by atoms with Crippen LogP contribution in [-0.4, -0.2) is 59.9 Å². The minimum Gasteiger partial charge on any atom is -0.333 e. The Morgan fingerprint density at radius 2 is 2.17 bits per heavy atom. The summed E-state index contributed by atoms with van der Waals surface area (Å²) in [7, 11) is 0. The lowest BCUT2D eigenvalue weighted by molar-refractivity contribution is -0.125. The van der Waals surface area contributed by atoms with E-state index in [0.29, 0.717) is 12.1 Å². The Labute approximate surface area is 134 Å². The summed E-state index contributed by atoms with van der Waals surface area (Å²) >= 11 is 0. The van der Waals surface area contributed by atoms with Gasteiger partial charge in [0.25, 0.3) is 5.91 Å². The molecule has 2 aliphatic heterocycles. The molecular formula is C16H20N4O3. The lowest BCUT2D eigenvalue weighted by Gasteiger charge is -2.34. The van der Waals surface area contributed by atoms with Crippen molar-refractivity contribution in [2.45, 2.75) is 19.5 Å². The van der Waals surface area contributed by atoms with E-state index < -0.39 is 0 Å². The van der Waals surface area contributed by atoms with Gasteiger partial charge in [0, 0.05) is 31.2 Å². The predicted octanol–water partition coefficient (Wildman–Crippen LogP) is 0.172. The number of hydrogen-bond donors (Lipinski definition) is 2. The monoisotopic (exact) mass is 316 g/mol. The fourth-order valence-electron chi connectivity index (χ4n) is 2.91. The number of piperazine rings is 1. The number of nitrogens with one attached hydrogen (secondary N) is 2. The van der Waals surface area contributed by atoms with Crippen molar-refractivity contribution in [3.63, 3.8) is 0 Å². The second kappa shape index (κ2) is 6.37. The maximum atomic E-state index is 12.7. The number of carbonyl (C=O) groups excluding carboxylic acids is 3. The minimum absolute atomic E-state index is 0.0157. The summed E-state index contributed by atoms with van der Waals surface area (Å²) in [5.74, 6) is -0.263. The number of benzene rings is 1. The van der Waals surface area contributed by atoms with Crippen molar-refractivity contribution >= 4 is 17.8 Å². The van der Waals surface area contributed by atoms with Crippen molar-refractivity contribution < 1.29 is 14.4 Å². The molecule has 0 aromatic heterocycles. The molecule has 1 aromatic carbocycles. The van der Waals surface area contributed by atoms with E-state index in [2.05, 4.69) is 10.6 Å². The molecule has 1 aromatic rings. The van der Waals surface area contributed by atoms with E-state index in [1.54, 1.807) is 18.2 Å². The number of amides is 4. The molecule has 0 aliphatic carbocycles. The molecule has 1 atom stereocenters. The fourth-order valence-corrected chi connectivity index (χ4v) is 2.91. The van der Waals surface area contributed by atoms with Gasteiger partial charge in [-0.2, -0.15) is 0 Å². The summed E-state index contributed by atoms with van der Waals surface area (Å²) in [6.45, 7) is 4.49. The molecule has 0 spiro atoms.